The van der Waals surface area contributed by atoms with Gasteiger partial charge in [0.1, 0.15) is 5.82 Å². The van der Waals surface area contributed by atoms with E-state index >= 15 is 0 Å². The van der Waals surface area contributed by atoms with Gasteiger partial charge >= 0.3 is 0 Å². The summed E-state index contributed by atoms with van der Waals surface area (Å²) in [6.45, 7) is 6.49. The van der Waals surface area contributed by atoms with E-state index in [1.165, 1.54) is 11.6 Å². The molecule has 0 spiro atoms. The minimum absolute atomic E-state index is 0.277. The van der Waals surface area contributed by atoms with Crippen LogP contribution in [0.3, 0.4) is 0 Å². The summed E-state index contributed by atoms with van der Waals surface area (Å²) >= 11 is 0. The fourth-order valence-corrected chi connectivity index (χ4v) is 2.48. The Morgan fingerprint density at radius 1 is 1.04 bits per heavy atom. The zero-order valence-electron chi connectivity index (χ0n) is 14.0. The number of rotatable bonds is 2. The van der Waals surface area contributed by atoms with Crippen molar-refractivity contribution >= 4 is 11.0 Å². The van der Waals surface area contributed by atoms with Crippen molar-refractivity contribution in [3.05, 3.63) is 102 Å². The number of benzene rings is 2. The van der Waals surface area contributed by atoms with Gasteiger partial charge < -0.3 is 9.42 Å². The number of aryl methyl sites for hydroxylation is 1. The van der Waals surface area contributed by atoms with E-state index in [0.717, 1.165) is 12.1 Å². The molecule has 1 aliphatic heterocycles. The molecule has 0 fully saturated rings. The summed E-state index contributed by atoms with van der Waals surface area (Å²) in [5, 5.41) is 4.12. The van der Waals surface area contributed by atoms with Crippen molar-refractivity contribution in [2.75, 3.05) is 0 Å². The first-order chi connectivity index (χ1) is 12.1. The fourth-order valence-electron chi connectivity index (χ4n) is 2.48. The van der Waals surface area contributed by atoms with Gasteiger partial charge in [0.25, 0.3) is 0 Å². The zero-order valence-corrected chi connectivity index (χ0v) is 14.0. The third-order valence-electron chi connectivity index (χ3n) is 3.79. The van der Waals surface area contributed by atoms with Gasteiger partial charge in [-0.2, -0.15) is 0 Å². The van der Waals surface area contributed by atoms with Crippen molar-refractivity contribution in [2.24, 2.45) is 0 Å². The number of aromatic nitrogens is 1. The largest absolute Gasteiger partial charge is 0.356 e. The van der Waals surface area contributed by atoms with E-state index in [1.54, 1.807) is 19.1 Å². The highest BCUT2D eigenvalue weighted by Gasteiger charge is 2.07. The van der Waals surface area contributed by atoms with Crippen LogP contribution in [0.2, 0.25) is 0 Å². The molecule has 3 nitrogen and oxygen atoms in total. The molecule has 0 amide bonds. The highest BCUT2D eigenvalue weighted by Crippen LogP contribution is 2.20. The first-order valence-corrected chi connectivity index (χ1v) is 7.99. The van der Waals surface area contributed by atoms with Crippen LogP contribution < -0.4 is 0 Å². The molecule has 0 N–H and O–H groups in total. The molecule has 0 saturated carbocycles. The van der Waals surface area contributed by atoms with E-state index < -0.39 is 0 Å². The summed E-state index contributed by atoms with van der Waals surface area (Å²) in [7, 11) is 0. The van der Waals surface area contributed by atoms with E-state index in [2.05, 4.69) is 53.3 Å². The monoisotopic (exact) mass is 334 g/mol. The van der Waals surface area contributed by atoms with Crippen molar-refractivity contribution < 1.29 is 8.91 Å². The Morgan fingerprint density at radius 3 is 2.44 bits per heavy atom. The Hall–Kier alpha value is -3.14. The maximum absolute atomic E-state index is 13.0. The summed E-state index contributed by atoms with van der Waals surface area (Å²) in [5.41, 5.74) is 3.46. The third kappa shape index (κ3) is 4.23. The van der Waals surface area contributed by atoms with Crippen molar-refractivity contribution in [3.63, 3.8) is 0 Å². The van der Waals surface area contributed by atoms with E-state index in [1.807, 2.05) is 18.2 Å². The summed E-state index contributed by atoms with van der Waals surface area (Å²) in [5.74, 6) is -0.277. The second kappa shape index (κ2) is 7.62. The molecule has 126 valence electrons. The second-order valence-electron chi connectivity index (χ2n) is 5.75. The molecule has 0 aliphatic carbocycles. The average Bonchev–Trinajstić information content (AvgIpc) is 3.01. The van der Waals surface area contributed by atoms with Crippen LogP contribution >= 0.6 is 0 Å². The quantitative estimate of drug-likeness (QED) is 0.632. The number of allylic oxidation sites excluding steroid dienone is 3. The number of halogens is 1. The molecule has 0 unspecified atom stereocenters. The summed E-state index contributed by atoms with van der Waals surface area (Å²) < 4.78 is 17.8. The average molecular weight is 334 g/mol. The van der Waals surface area contributed by atoms with Crippen LogP contribution in [-0.2, 0) is 6.54 Å². The minimum Gasteiger partial charge on any atom is -0.356 e. The van der Waals surface area contributed by atoms with E-state index in [0.29, 0.717) is 16.7 Å². The van der Waals surface area contributed by atoms with Crippen molar-refractivity contribution in [1.29, 1.82) is 0 Å². The minimum atomic E-state index is -0.277. The van der Waals surface area contributed by atoms with Crippen molar-refractivity contribution in [1.82, 2.24) is 10.1 Å². The maximum Gasteiger partial charge on any atom is 0.170 e. The number of nitrogens with zero attached hydrogens (tertiary/aromatic N) is 2. The van der Waals surface area contributed by atoms with Gasteiger partial charge in [0.2, 0.25) is 0 Å². The molecule has 4 heteroatoms. The van der Waals surface area contributed by atoms with Crippen molar-refractivity contribution in [3.8, 4) is 0 Å². The summed E-state index contributed by atoms with van der Waals surface area (Å²) in [6, 6.07) is 15.1. The molecule has 3 aromatic rings. The predicted octanol–water partition coefficient (Wildman–Crippen LogP) is 5.36. The van der Waals surface area contributed by atoms with Gasteiger partial charge in [-0.25, -0.2) is 4.39 Å². The topological polar surface area (TPSA) is 29.3 Å². The first-order valence-electron chi connectivity index (χ1n) is 7.99. The van der Waals surface area contributed by atoms with Crippen LogP contribution in [0.15, 0.2) is 89.8 Å². The molecule has 1 aromatic heterocycles. The van der Waals surface area contributed by atoms with E-state index in [9.17, 15) is 4.39 Å². The summed E-state index contributed by atoms with van der Waals surface area (Å²) in [6.07, 6.45) is 8.14. The number of fused-ring (bicyclic) bond motifs is 1. The smallest absolute Gasteiger partial charge is 0.170 e. The standard InChI is InChI=1S/C13H13N.C8H6FNO/c1-12-7-9-14(10-8-12)11-13-5-3-2-4-6-13;1-5-8-6(9)3-2-4-7(8)11-10-5/h2-10H,1,11H2;2-4H,1H3. The van der Waals surface area contributed by atoms with Crippen molar-refractivity contribution in [2.45, 2.75) is 13.5 Å². The molecule has 1 aliphatic rings. The first kappa shape index (κ1) is 16.7. The normalized spacial score (nSPS) is 13.0. The lowest BCUT2D eigenvalue weighted by Crippen LogP contribution is -2.10. The molecule has 0 bridgehead atoms. The van der Waals surface area contributed by atoms with Crippen LogP contribution in [0.4, 0.5) is 4.39 Å². The van der Waals surface area contributed by atoms with Gasteiger partial charge in [0.05, 0.1) is 11.1 Å². The molecular weight excluding hydrogens is 315 g/mol. The Kier molecular flexibility index (Phi) is 5.09. The van der Waals surface area contributed by atoms with Gasteiger partial charge in [-0.1, -0.05) is 48.1 Å². The van der Waals surface area contributed by atoms with E-state index in [-0.39, 0.29) is 5.82 Å². The van der Waals surface area contributed by atoms with Crippen LogP contribution in [0.25, 0.3) is 11.0 Å². The Balaban J connectivity index is 0.000000150. The van der Waals surface area contributed by atoms with Gasteiger partial charge in [-0.15, -0.1) is 0 Å². The Morgan fingerprint density at radius 2 is 1.76 bits per heavy atom. The van der Waals surface area contributed by atoms with Gasteiger partial charge in [0, 0.05) is 18.9 Å². The van der Waals surface area contributed by atoms with Crippen LogP contribution in [0.1, 0.15) is 11.3 Å². The highest BCUT2D eigenvalue weighted by atomic mass is 19.1. The lowest BCUT2D eigenvalue weighted by Gasteiger charge is -2.18. The molecular formula is C21H19FN2O. The SMILES string of the molecule is C=C1C=CN(Cc2ccccc2)C=C1.Cc1noc2cccc(F)c12. The van der Waals surface area contributed by atoms with Gasteiger partial charge in [-0.05, 0) is 42.3 Å². The summed E-state index contributed by atoms with van der Waals surface area (Å²) in [4.78, 5) is 2.14. The molecule has 2 heterocycles. The molecule has 0 atom stereocenters. The zero-order chi connectivity index (χ0) is 17.6. The predicted molar refractivity (Wildman–Crippen MR) is 98.1 cm³/mol. The van der Waals surface area contributed by atoms with Crippen LogP contribution in [0, 0.1) is 12.7 Å². The molecule has 4 rings (SSSR count). The van der Waals surface area contributed by atoms with Crippen LogP contribution in [-0.4, -0.2) is 10.1 Å². The van der Waals surface area contributed by atoms with Gasteiger partial charge in [0.15, 0.2) is 5.58 Å². The lowest BCUT2D eigenvalue weighted by atomic mass is 10.2. The maximum atomic E-state index is 13.0. The second-order valence-corrected chi connectivity index (χ2v) is 5.75. The Labute approximate surface area is 146 Å². The van der Waals surface area contributed by atoms with E-state index in [4.69, 9.17) is 4.52 Å². The van der Waals surface area contributed by atoms with Gasteiger partial charge in [-0.3, -0.25) is 0 Å². The molecule has 0 saturated heterocycles. The van der Waals surface area contributed by atoms with Crippen LogP contribution in [0.5, 0.6) is 0 Å². The third-order valence-corrected chi connectivity index (χ3v) is 3.79. The number of hydrogen-bond donors (Lipinski definition) is 0. The fraction of sp³-hybridized carbons (Fsp3) is 0.0952. The highest BCUT2D eigenvalue weighted by molar-refractivity contribution is 5.79. The Bertz CT molecular complexity index is 909. The molecule has 25 heavy (non-hydrogen) atoms. The molecule has 0 radical (unpaired) electrons. The number of hydrogen-bond acceptors (Lipinski definition) is 3. The lowest BCUT2D eigenvalue weighted by molar-refractivity contribution is 0.450. The molecule has 2 aromatic carbocycles.